The first-order valence-corrected chi connectivity index (χ1v) is 10.5. The molecular formula is C26H25N3O2. The summed E-state index contributed by atoms with van der Waals surface area (Å²) in [6.07, 6.45) is 0.745. The molecule has 0 unspecified atom stereocenters. The zero-order valence-corrected chi connectivity index (χ0v) is 17.5. The fraction of sp³-hybridized carbons (Fsp3) is 0.192. The quantitative estimate of drug-likeness (QED) is 0.673. The van der Waals surface area contributed by atoms with E-state index in [1.165, 1.54) is 0 Å². The van der Waals surface area contributed by atoms with Gasteiger partial charge in [0, 0.05) is 17.7 Å². The lowest BCUT2D eigenvalue weighted by atomic mass is 10.0. The fourth-order valence-electron chi connectivity index (χ4n) is 3.75. The number of hydrogen-bond acceptors (Lipinski definition) is 3. The number of benzene rings is 3. The summed E-state index contributed by atoms with van der Waals surface area (Å²) in [5.74, 6) is -0.369. The van der Waals surface area contributed by atoms with Crippen LogP contribution in [0.4, 0.5) is 5.69 Å². The van der Waals surface area contributed by atoms with Crippen molar-refractivity contribution in [2.45, 2.75) is 19.4 Å². The maximum Gasteiger partial charge on any atom is 0.252 e. The molecule has 1 aliphatic rings. The van der Waals surface area contributed by atoms with E-state index < -0.39 is 6.04 Å². The molecule has 3 aromatic carbocycles. The van der Waals surface area contributed by atoms with Gasteiger partial charge in [0.1, 0.15) is 12.6 Å². The summed E-state index contributed by atoms with van der Waals surface area (Å²) in [7, 11) is 0. The predicted octanol–water partition coefficient (Wildman–Crippen LogP) is 3.62. The van der Waals surface area contributed by atoms with E-state index in [0.29, 0.717) is 12.2 Å². The van der Waals surface area contributed by atoms with Crippen LogP contribution >= 0.6 is 0 Å². The van der Waals surface area contributed by atoms with Crippen LogP contribution in [0.25, 0.3) is 0 Å². The Morgan fingerprint density at radius 2 is 1.58 bits per heavy atom. The molecule has 5 nitrogen and oxygen atoms in total. The highest BCUT2D eigenvalue weighted by atomic mass is 16.2. The van der Waals surface area contributed by atoms with E-state index in [1.807, 2.05) is 84.9 Å². The van der Waals surface area contributed by atoms with Crippen LogP contribution in [0.15, 0.2) is 89.9 Å². The van der Waals surface area contributed by atoms with Crippen molar-refractivity contribution < 1.29 is 9.59 Å². The number of hydrogen-bond donors (Lipinski definition) is 1. The second-order valence-corrected chi connectivity index (χ2v) is 7.55. The lowest BCUT2D eigenvalue weighted by molar-refractivity contribution is -0.124. The van der Waals surface area contributed by atoms with Gasteiger partial charge in [-0.25, -0.2) is 0 Å². The number of anilines is 1. The first-order chi connectivity index (χ1) is 15.1. The Morgan fingerprint density at radius 1 is 0.935 bits per heavy atom. The molecule has 1 aliphatic heterocycles. The van der Waals surface area contributed by atoms with Gasteiger partial charge in [-0.1, -0.05) is 78.9 Å². The molecule has 0 fully saturated rings. The Hall–Kier alpha value is -3.73. The van der Waals surface area contributed by atoms with Crippen LogP contribution in [0, 0.1) is 0 Å². The number of benzodiazepines with no additional fused rings is 1. The molecule has 4 rings (SSSR count). The standard InChI is InChI=1S/C26H25N3O2/c1-19-26(31)29(18-24(30)27-17-16-20-10-4-2-5-11-20)23-15-9-8-14-22(23)25(28-19)21-12-6-3-7-13-21/h2-15,19H,16-18H2,1H3,(H,27,30)/t19-/m0/s1. The minimum atomic E-state index is -0.584. The third kappa shape index (κ3) is 4.72. The van der Waals surface area contributed by atoms with Crippen molar-refractivity contribution in [2.75, 3.05) is 18.0 Å². The molecule has 0 spiro atoms. The summed E-state index contributed by atoms with van der Waals surface area (Å²) in [5, 5.41) is 2.94. The van der Waals surface area contributed by atoms with Crippen LogP contribution < -0.4 is 10.2 Å². The van der Waals surface area contributed by atoms with Gasteiger partial charge in [0.05, 0.1) is 11.4 Å². The van der Waals surface area contributed by atoms with Gasteiger partial charge in [-0.3, -0.25) is 14.6 Å². The maximum atomic E-state index is 13.2. The molecule has 0 aromatic heterocycles. The second-order valence-electron chi connectivity index (χ2n) is 7.55. The SMILES string of the molecule is C[C@@H]1N=C(c2ccccc2)c2ccccc2N(CC(=O)NCCc2ccccc2)C1=O. The highest BCUT2D eigenvalue weighted by molar-refractivity contribution is 6.20. The number of aliphatic imine (C=N–C) groups is 1. The average Bonchev–Trinajstić information content (AvgIpc) is 2.91. The number of fused-ring (bicyclic) bond motifs is 1. The molecule has 0 saturated carbocycles. The molecule has 0 radical (unpaired) electrons. The van der Waals surface area contributed by atoms with Crippen LogP contribution in [0.3, 0.4) is 0 Å². The topological polar surface area (TPSA) is 61.8 Å². The zero-order valence-electron chi connectivity index (χ0n) is 17.5. The highest BCUT2D eigenvalue weighted by Crippen LogP contribution is 2.28. The molecule has 2 amide bonds. The Labute approximate surface area is 182 Å². The van der Waals surface area contributed by atoms with Gasteiger partial charge in [-0.2, -0.15) is 0 Å². The molecule has 1 N–H and O–H groups in total. The van der Waals surface area contributed by atoms with E-state index in [2.05, 4.69) is 5.32 Å². The molecular weight excluding hydrogens is 386 g/mol. The number of rotatable bonds is 6. The Balaban J connectivity index is 1.54. The van der Waals surface area contributed by atoms with Gasteiger partial charge in [-0.15, -0.1) is 0 Å². The average molecular weight is 412 g/mol. The Morgan fingerprint density at radius 3 is 2.32 bits per heavy atom. The third-order valence-electron chi connectivity index (χ3n) is 5.32. The van der Waals surface area contributed by atoms with E-state index in [1.54, 1.807) is 11.8 Å². The van der Waals surface area contributed by atoms with Crippen LogP contribution in [0.2, 0.25) is 0 Å². The van der Waals surface area contributed by atoms with E-state index in [-0.39, 0.29) is 18.4 Å². The maximum absolute atomic E-state index is 13.2. The van der Waals surface area contributed by atoms with Gasteiger partial charge in [0.25, 0.3) is 5.91 Å². The fourth-order valence-corrected chi connectivity index (χ4v) is 3.75. The normalized spacial score (nSPS) is 15.6. The molecule has 1 heterocycles. The monoisotopic (exact) mass is 411 g/mol. The van der Waals surface area contributed by atoms with Gasteiger partial charge < -0.3 is 10.2 Å². The number of nitrogens with one attached hydrogen (secondary N) is 1. The molecule has 31 heavy (non-hydrogen) atoms. The second kappa shape index (κ2) is 9.39. The van der Waals surface area contributed by atoms with E-state index in [9.17, 15) is 9.59 Å². The van der Waals surface area contributed by atoms with E-state index >= 15 is 0 Å². The first kappa shape index (κ1) is 20.5. The number of carbonyl (C=O) groups excluding carboxylic acids is 2. The summed E-state index contributed by atoms with van der Waals surface area (Å²) in [4.78, 5) is 32.1. The van der Waals surface area contributed by atoms with E-state index in [4.69, 9.17) is 4.99 Å². The Bertz CT molecular complexity index is 1090. The summed E-state index contributed by atoms with van der Waals surface area (Å²) in [6, 6.07) is 26.9. The molecule has 3 aromatic rings. The van der Waals surface area contributed by atoms with Crippen molar-refractivity contribution >= 4 is 23.2 Å². The summed E-state index contributed by atoms with van der Waals surface area (Å²) in [5.41, 5.74) is 4.43. The van der Waals surface area contributed by atoms with Gasteiger partial charge in [0.15, 0.2) is 0 Å². The van der Waals surface area contributed by atoms with Gasteiger partial charge in [-0.05, 0) is 25.0 Å². The van der Waals surface area contributed by atoms with Crippen molar-refractivity contribution in [2.24, 2.45) is 4.99 Å². The van der Waals surface area contributed by atoms with Gasteiger partial charge in [0.2, 0.25) is 5.91 Å². The van der Waals surface area contributed by atoms with Crippen LogP contribution in [0.5, 0.6) is 0 Å². The third-order valence-corrected chi connectivity index (χ3v) is 5.32. The van der Waals surface area contributed by atoms with Crippen molar-refractivity contribution in [1.82, 2.24) is 5.32 Å². The van der Waals surface area contributed by atoms with Crippen LogP contribution in [0.1, 0.15) is 23.6 Å². The lowest BCUT2D eigenvalue weighted by Crippen LogP contribution is -2.44. The summed E-state index contributed by atoms with van der Waals surface area (Å²) < 4.78 is 0. The number of amides is 2. The van der Waals surface area contributed by atoms with Crippen molar-refractivity contribution in [3.8, 4) is 0 Å². The van der Waals surface area contributed by atoms with E-state index in [0.717, 1.165) is 28.8 Å². The molecule has 0 bridgehead atoms. The number of nitrogens with zero attached hydrogens (tertiary/aromatic N) is 2. The number of para-hydroxylation sites is 1. The molecule has 156 valence electrons. The van der Waals surface area contributed by atoms with Crippen molar-refractivity contribution in [3.05, 3.63) is 102 Å². The molecule has 1 atom stereocenters. The zero-order chi connectivity index (χ0) is 21.6. The molecule has 0 saturated heterocycles. The highest BCUT2D eigenvalue weighted by Gasteiger charge is 2.30. The van der Waals surface area contributed by atoms with Crippen molar-refractivity contribution in [1.29, 1.82) is 0 Å². The van der Waals surface area contributed by atoms with Crippen molar-refractivity contribution in [3.63, 3.8) is 0 Å². The van der Waals surface area contributed by atoms with Crippen LogP contribution in [-0.2, 0) is 16.0 Å². The minimum Gasteiger partial charge on any atom is -0.354 e. The molecule has 5 heteroatoms. The first-order valence-electron chi connectivity index (χ1n) is 10.5. The minimum absolute atomic E-state index is 0.0352. The Kier molecular flexibility index (Phi) is 6.22. The molecule has 0 aliphatic carbocycles. The smallest absolute Gasteiger partial charge is 0.252 e. The summed E-state index contributed by atoms with van der Waals surface area (Å²) in [6.45, 7) is 2.26. The predicted molar refractivity (Wildman–Crippen MR) is 123 cm³/mol. The number of carbonyl (C=O) groups is 2. The van der Waals surface area contributed by atoms with Gasteiger partial charge >= 0.3 is 0 Å². The van der Waals surface area contributed by atoms with Crippen LogP contribution in [-0.4, -0.2) is 36.7 Å². The summed E-state index contributed by atoms with van der Waals surface area (Å²) >= 11 is 0. The largest absolute Gasteiger partial charge is 0.354 e. The lowest BCUT2D eigenvalue weighted by Gasteiger charge is -2.24.